The van der Waals surface area contributed by atoms with E-state index in [1.165, 1.54) is 0 Å². The summed E-state index contributed by atoms with van der Waals surface area (Å²) in [6.07, 6.45) is 0. The molecule has 2 N–H and O–H groups in total. The van der Waals surface area contributed by atoms with Gasteiger partial charge in [-0.25, -0.2) is 0 Å². The summed E-state index contributed by atoms with van der Waals surface area (Å²) >= 11 is 6.62. The summed E-state index contributed by atoms with van der Waals surface area (Å²) in [5.74, 6) is 1.24. The lowest BCUT2D eigenvalue weighted by Crippen LogP contribution is -2.42. The van der Waals surface area contributed by atoms with Crippen molar-refractivity contribution < 1.29 is 9.21 Å². The Morgan fingerprint density at radius 3 is 2.56 bits per heavy atom. The molecule has 0 spiro atoms. The molecule has 1 amide bonds. The van der Waals surface area contributed by atoms with Crippen molar-refractivity contribution in [3.63, 3.8) is 0 Å². The average Bonchev–Trinajstić information content (AvgIpc) is 2.62. The molecule has 102 valence electrons. The molecule has 6 heteroatoms. The van der Waals surface area contributed by atoms with Gasteiger partial charge in [-0.05, 0) is 50.8 Å². The molecule has 1 aromatic heterocycles. The second-order valence-corrected chi connectivity index (χ2v) is 6.15. The molecule has 1 heterocycles. The van der Waals surface area contributed by atoms with Gasteiger partial charge < -0.3 is 9.73 Å². The minimum Gasteiger partial charge on any atom is -0.452 e. The number of carbonyl (C=O) groups is 1. The van der Waals surface area contributed by atoms with Crippen LogP contribution in [0.1, 0.15) is 26.5 Å². The quantitative estimate of drug-likeness (QED) is 0.796. The molecule has 4 nitrogen and oxygen atoms in total. The number of carbonyl (C=O) groups excluding carboxylic acids is 1. The van der Waals surface area contributed by atoms with Gasteiger partial charge in [-0.15, -0.1) is 0 Å². The average molecular weight is 382 g/mol. The zero-order valence-corrected chi connectivity index (χ0v) is 13.9. The summed E-state index contributed by atoms with van der Waals surface area (Å²) in [5, 5.41) is 6.00. The monoisotopic (exact) mass is 380 g/mol. The van der Waals surface area contributed by atoms with Crippen LogP contribution >= 0.6 is 31.9 Å². The summed E-state index contributed by atoms with van der Waals surface area (Å²) in [6, 6.07) is 1.63. The van der Waals surface area contributed by atoms with Crippen LogP contribution in [0.25, 0.3) is 0 Å². The minimum atomic E-state index is -0.244. The fraction of sp³-hybridized carbons (Fsp3) is 0.583. The fourth-order valence-corrected chi connectivity index (χ4v) is 1.94. The van der Waals surface area contributed by atoms with Crippen LogP contribution in [-0.4, -0.2) is 18.5 Å². The van der Waals surface area contributed by atoms with Gasteiger partial charge in [0.15, 0.2) is 4.67 Å². The molecule has 1 atom stereocenters. The zero-order valence-electron chi connectivity index (χ0n) is 10.7. The predicted octanol–water partition coefficient (Wildman–Crippen LogP) is 3.05. The van der Waals surface area contributed by atoms with Crippen LogP contribution in [0.3, 0.4) is 0 Å². The standard InChI is InChI=1S/C12H18Br2N2O2/c1-7(2)5-16-12(17)8(3)15-6-9-4-10(13)11(14)18-9/h4,7-8,15H,5-6H2,1-3H3,(H,16,17). The molecule has 0 saturated carbocycles. The summed E-state index contributed by atoms with van der Waals surface area (Å²) in [6.45, 7) is 7.18. The maximum atomic E-state index is 11.7. The largest absolute Gasteiger partial charge is 0.452 e. The first-order valence-electron chi connectivity index (χ1n) is 5.85. The van der Waals surface area contributed by atoms with Gasteiger partial charge in [0, 0.05) is 6.54 Å². The van der Waals surface area contributed by atoms with Crippen molar-refractivity contribution in [2.45, 2.75) is 33.4 Å². The van der Waals surface area contributed by atoms with Gasteiger partial charge in [0.1, 0.15) is 5.76 Å². The molecule has 0 radical (unpaired) electrons. The molecule has 1 aromatic rings. The number of furan rings is 1. The first-order chi connectivity index (χ1) is 8.40. The Morgan fingerprint density at radius 2 is 2.06 bits per heavy atom. The van der Waals surface area contributed by atoms with Crippen LogP contribution < -0.4 is 10.6 Å². The van der Waals surface area contributed by atoms with Crippen molar-refractivity contribution in [1.29, 1.82) is 0 Å². The predicted molar refractivity (Wildman–Crippen MR) is 78.3 cm³/mol. The Labute approximate surface area is 124 Å². The Hall–Kier alpha value is -0.330. The SMILES string of the molecule is CC(C)CNC(=O)C(C)NCc1cc(Br)c(Br)o1. The molecule has 0 aliphatic rings. The molecule has 0 aliphatic heterocycles. The Balaban J connectivity index is 2.36. The number of hydrogen-bond acceptors (Lipinski definition) is 3. The van der Waals surface area contributed by atoms with E-state index in [1.54, 1.807) is 0 Å². The van der Waals surface area contributed by atoms with Crippen molar-refractivity contribution >= 4 is 37.8 Å². The van der Waals surface area contributed by atoms with Crippen molar-refractivity contribution in [3.05, 3.63) is 21.0 Å². The fourth-order valence-electron chi connectivity index (χ4n) is 1.28. The van der Waals surface area contributed by atoms with Gasteiger partial charge in [0.25, 0.3) is 0 Å². The van der Waals surface area contributed by atoms with Gasteiger partial charge >= 0.3 is 0 Å². The van der Waals surface area contributed by atoms with Crippen molar-refractivity contribution in [3.8, 4) is 0 Å². The second kappa shape index (κ2) is 7.31. The van der Waals surface area contributed by atoms with Crippen LogP contribution in [0, 0.1) is 5.92 Å². The van der Waals surface area contributed by atoms with Crippen molar-refractivity contribution in [2.75, 3.05) is 6.54 Å². The number of amides is 1. The van der Waals surface area contributed by atoms with E-state index in [2.05, 4.69) is 56.3 Å². The van der Waals surface area contributed by atoms with Crippen molar-refractivity contribution in [2.24, 2.45) is 5.92 Å². The Morgan fingerprint density at radius 1 is 1.39 bits per heavy atom. The van der Waals surface area contributed by atoms with Crippen molar-refractivity contribution in [1.82, 2.24) is 10.6 Å². The Kier molecular flexibility index (Phi) is 6.38. The number of rotatable bonds is 6. The zero-order chi connectivity index (χ0) is 13.7. The van der Waals surface area contributed by atoms with Crippen LogP contribution in [0.5, 0.6) is 0 Å². The maximum Gasteiger partial charge on any atom is 0.236 e. The summed E-state index contributed by atoms with van der Waals surface area (Å²) < 4.78 is 6.95. The first kappa shape index (κ1) is 15.7. The lowest BCUT2D eigenvalue weighted by Gasteiger charge is -2.14. The third-order valence-electron chi connectivity index (χ3n) is 2.36. The molecular formula is C12H18Br2N2O2. The van der Waals surface area contributed by atoms with Gasteiger partial charge in [-0.3, -0.25) is 10.1 Å². The highest BCUT2D eigenvalue weighted by molar-refractivity contribution is 9.13. The third kappa shape index (κ3) is 5.12. The summed E-state index contributed by atoms with van der Waals surface area (Å²) in [7, 11) is 0. The van der Waals surface area contributed by atoms with Gasteiger partial charge in [-0.1, -0.05) is 13.8 Å². The van der Waals surface area contributed by atoms with Crippen LogP contribution in [-0.2, 0) is 11.3 Å². The van der Waals surface area contributed by atoms with Gasteiger partial charge in [-0.2, -0.15) is 0 Å². The number of halogens is 2. The highest BCUT2D eigenvalue weighted by Crippen LogP contribution is 2.26. The van der Waals surface area contributed by atoms with E-state index in [-0.39, 0.29) is 11.9 Å². The van der Waals surface area contributed by atoms with Crippen LogP contribution in [0.2, 0.25) is 0 Å². The van der Waals surface area contributed by atoms with E-state index >= 15 is 0 Å². The maximum absolute atomic E-state index is 11.7. The molecule has 0 saturated heterocycles. The van der Waals surface area contributed by atoms with E-state index in [4.69, 9.17) is 4.42 Å². The molecule has 1 unspecified atom stereocenters. The highest BCUT2D eigenvalue weighted by atomic mass is 79.9. The molecule has 0 fully saturated rings. The lowest BCUT2D eigenvalue weighted by molar-refractivity contribution is -0.122. The number of hydrogen-bond donors (Lipinski definition) is 2. The summed E-state index contributed by atoms with van der Waals surface area (Å²) in [4.78, 5) is 11.7. The van der Waals surface area contributed by atoms with Gasteiger partial charge in [0.2, 0.25) is 5.91 Å². The lowest BCUT2D eigenvalue weighted by atomic mass is 10.2. The number of nitrogens with one attached hydrogen (secondary N) is 2. The molecular weight excluding hydrogens is 364 g/mol. The molecule has 0 aliphatic carbocycles. The summed E-state index contributed by atoms with van der Waals surface area (Å²) in [5.41, 5.74) is 0. The second-order valence-electron chi connectivity index (χ2n) is 4.58. The Bertz CT molecular complexity index is 385. The minimum absolute atomic E-state index is 0.00777. The molecule has 0 bridgehead atoms. The van der Waals surface area contributed by atoms with Crippen LogP contribution in [0.4, 0.5) is 0 Å². The molecule has 1 rings (SSSR count). The third-order valence-corrected chi connectivity index (χ3v) is 4.07. The first-order valence-corrected chi connectivity index (χ1v) is 7.43. The van der Waals surface area contributed by atoms with Crippen LogP contribution in [0.15, 0.2) is 19.6 Å². The van der Waals surface area contributed by atoms with Gasteiger partial charge in [0.05, 0.1) is 17.1 Å². The van der Waals surface area contributed by atoms with E-state index in [0.717, 1.165) is 10.2 Å². The van der Waals surface area contributed by atoms with E-state index in [9.17, 15) is 4.79 Å². The normalized spacial score (nSPS) is 12.8. The van der Waals surface area contributed by atoms with E-state index in [0.29, 0.717) is 23.7 Å². The van der Waals surface area contributed by atoms with E-state index in [1.807, 2.05) is 13.0 Å². The smallest absolute Gasteiger partial charge is 0.236 e. The molecule has 0 aromatic carbocycles. The molecule has 18 heavy (non-hydrogen) atoms. The van der Waals surface area contributed by atoms with E-state index < -0.39 is 0 Å². The topological polar surface area (TPSA) is 54.3 Å². The highest BCUT2D eigenvalue weighted by Gasteiger charge is 2.13.